The molecule has 0 N–H and O–H groups in total. The highest BCUT2D eigenvalue weighted by Gasteiger charge is 2.26. The third-order valence-electron chi connectivity index (χ3n) is 2.38. The Morgan fingerprint density at radius 3 is 2.83 bits per heavy atom. The zero-order valence-corrected chi connectivity index (χ0v) is 9.75. The summed E-state index contributed by atoms with van der Waals surface area (Å²) in [5.74, 6) is 0.710. The second-order valence-electron chi connectivity index (χ2n) is 3.24. The molecule has 0 radical (unpaired) electrons. The molecule has 66 valence electrons. The lowest BCUT2D eigenvalue weighted by Crippen LogP contribution is -1.91. The highest BCUT2D eigenvalue weighted by Crippen LogP contribution is 2.42. The van der Waals surface area contributed by atoms with E-state index in [4.69, 9.17) is 11.6 Å². The van der Waals surface area contributed by atoms with Crippen molar-refractivity contribution in [1.29, 1.82) is 0 Å². The molecule has 0 nitrogen and oxygen atoms in total. The van der Waals surface area contributed by atoms with Crippen molar-refractivity contribution in [3.63, 3.8) is 0 Å². The summed E-state index contributed by atoms with van der Waals surface area (Å²) in [6.07, 6.45) is 3.83. The van der Waals surface area contributed by atoms with Gasteiger partial charge in [-0.05, 0) is 36.6 Å². The fourth-order valence-electron chi connectivity index (χ4n) is 1.76. The zero-order valence-electron chi connectivity index (χ0n) is 6.59. The first-order valence-electron chi connectivity index (χ1n) is 4.14. The lowest BCUT2D eigenvalue weighted by Gasteiger charge is -2.06. The Morgan fingerprint density at radius 2 is 2.33 bits per heavy atom. The first kappa shape index (κ1) is 9.04. The van der Waals surface area contributed by atoms with Gasteiger partial charge in [0.05, 0.1) is 5.02 Å². The highest BCUT2D eigenvalue weighted by molar-refractivity contribution is 9.09. The van der Waals surface area contributed by atoms with E-state index in [0.29, 0.717) is 10.7 Å². The lowest BCUT2D eigenvalue weighted by molar-refractivity contribution is 0.741. The van der Waals surface area contributed by atoms with Crippen LogP contribution < -0.4 is 0 Å². The molecule has 0 aliphatic heterocycles. The van der Waals surface area contributed by atoms with Crippen LogP contribution >= 0.6 is 38.9 Å². The van der Waals surface area contributed by atoms with Crippen molar-refractivity contribution < 1.29 is 0 Å². The summed E-state index contributed by atoms with van der Waals surface area (Å²) >= 11 is 11.5. The van der Waals surface area contributed by atoms with E-state index in [9.17, 15) is 0 Å². The van der Waals surface area contributed by atoms with Gasteiger partial charge in [0.2, 0.25) is 0 Å². The molecule has 12 heavy (non-hydrogen) atoms. The Bertz CT molecular complexity index is 271. The summed E-state index contributed by atoms with van der Waals surface area (Å²) in [4.78, 5) is 2.10. The molecule has 2 atom stereocenters. The molecule has 2 unspecified atom stereocenters. The van der Waals surface area contributed by atoms with Crippen molar-refractivity contribution >= 4 is 38.9 Å². The van der Waals surface area contributed by atoms with Crippen LogP contribution in [0.3, 0.4) is 0 Å². The second-order valence-corrected chi connectivity index (χ2v) is 5.89. The molecule has 0 amide bonds. The van der Waals surface area contributed by atoms with Crippen LogP contribution in [0.25, 0.3) is 0 Å². The molecule has 1 aliphatic carbocycles. The van der Waals surface area contributed by atoms with E-state index in [1.807, 2.05) is 6.07 Å². The second kappa shape index (κ2) is 3.69. The van der Waals surface area contributed by atoms with Crippen molar-refractivity contribution in [2.24, 2.45) is 0 Å². The SMILES string of the molecule is Clc1ccsc1C1CCC(Br)C1. The van der Waals surface area contributed by atoms with Crippen LogP contribution in [0.15, 0.2) is 11.4 Å². The number of hydrogen-bond acceptors (Lipinski definition) is 1. The van der Waals surface area contributed by atoms with Gasteiger partial charge in [0.15, 0.2) is 0 Å². The molecule has 0 bridgehead atoms. The highest BCUT2D eigenvalue weighted by atomic mass is 79.9. The van der Waals surface area contributed by atoms with Crippen molar-refractivity contribution in [2.75, 3.05) is 0 Å². The van der Waals surface area contributed by atoms with Gasteiger partial charge in [-0.3, -0.25) is 0 Å². The van der Waals surface area contributed by atoms with Crippen LogP contribution in [-0.2, 0) is 0 Å². The standard InChI is InChI=1S/C9H10BrClS/c10-7-2-1-6(5-7)9-8(11)3-4-12-9/h3-4,6-7H,1-2,5H2. The Morgan fingerprint density at radius 1 is 1.50 bits per heavy atom. The van der Waals surface area contributed by atoms with Gasteiger partial charge >= 0.3 is 0 Å². The predicted molar refractivity (Wildman–Crippen MR) is 58.6 cm³/mol. The van der Waals surface area contributed by atoms with Crippen LogP contribution in [0.5, 0.6) is 0 Å². The van der Waals surface area contributed by atoms with Gasteiger partial charge < -0.3 is 0 Å². The minimum atomic E-state index is 0.709. The van der Waals surface area contributed by atoms with Crippen molar-refractivity contribution in [3.05, 3.63) is 21.3 Å². The zero-order chi connectivity index (χ0) is 8.55. The third-order valence-corrected chi connectivity index (χ3v) is 4.74. The van der Waals surface area contributed by atoms with Crippen LogP contribution in [0.2, 0.25) is 5.02 Å². The molecule has 1 fully saturated rings. The molecule has 1 aromatic rings. The first-order valence-corrected chi connectivity index (χ1v) is 6.31. The maximum Gasteiger partial charge on any atom is 0.0547 e. The molecule has 1 heterocycles. The maximum atomic E-state index is 6.06. The van der Waals surface area contributed by atoms with E-state index in [2.05, 4.69) is 21.3 Å². The number of rotatable bonds is 1. The molecule has 0 saturated heterocycles. The quantitative estimate of drug-likeness (QED) is 0.659. The van der Waals surface area contributed by atoms with Crippen LogP contribution in [0, 0.1) is 0 Å². The van der Waals surface area contributed by atoms with Gasteiger partial charge in [-0.1, -0.05) is 27.5 Å². The molecule has 1 aromatic heterocycles. The average molecular weight is 266 g/mol. The van der Waals surface area contributed by atoms with Gasteiger partial charge in [-0.25, -0.2) is 0 Å². The molecule has 3 heteroatoms. The normalized spacial score (nSPS) is 29.5. The first-order chi connectivity index (χ1) is 5.77. The van der Waals surface area contributed by atoms with E-state index in [-0.39, 0.29) is 0 Å². The molecular formula is C9H10BrClS. The molecule has 0 spiro atoms. The topological polar surface area (TPSA) is 0 Å². The van der Waals surface area contributed by atoms with Gasteiger partial charge in [0, 0.05) is 9.70 Å². The minimum absolute atomic E-state index is 0.709. The van der Waals surface area contributed by atoms with Crippen molar-refractivity contribution in [3.8, 4) is 0 Å². The molecule has 1 aliphatic rings. The van der Waals surface area contributed by atoms with Crippen molar-refractivity contribution in [1.82, 2.24) is 0 Å². The fourth-order valence-corrected chi connectivity index (χ4v) is 3.84. The Kier molecular flexibility index (Phi) is 2.78. The maximum absolute atomic E-state index is 6.06. The van der Waals surface area contributed by atoms with E-state index < -0.39 is 0 Å². The molecule has 2 rings (SSSR count). The fraction of sp³-hybridized carbons (Fsp3) is 0.556. The van der Waals surface area contributed by atoms with Crippen molar-refractivity contribution in [2.45, 2.75) is 30.0 Å². The largest absolute Gasteiger partial charge is 0.147 e. The number of hydrogen-bond donors (Lipinski definition) is 0. The Labute approximate surface area is 90.1 Å². The van der Waals surface area contributed by atoms with E-state index in [1.165, 1.54) is 24.1 Å². The molecule has 0 aromatic carbocycles. The number of thiophene rings is 1. The average Bonchev–Trinajstić information content (AvgIpc) is 2.58. The van der Waals surface area contributed by atoms with Crippen LogP contribution in [-0.4, -0.2) is 4.83 Å². The number of alkyl halides is 1. The summed E-state index contributed by atoms with van der Waals surface area (Å²) < 4.78 is 0. The monoisotopic (exact) mass is 264 g/mol. The van der Waals surface area contributed by atoms with Crippen LogP contribution in [0.4, 0.5) is 0 Å². The van der Waals surface area contributed by atoms with E-state index in [1.54, 1.807) is 11.3 Å². The minimum Gasteiger partial charge on any atom is -0.147 e. The van der Waals surface area contributed by atoms with Gasteiger partial charge in [-0.2, -0.15) is 0 Å². The van der Waals surface area contributed by atoms with Crippen LogP contribution in [0.1, 0.15) is 30.1 Å². The van der Waals surface area contributed by atoms with Gasteiger partial charge in [0.25, 0.3) is 0 Å². The molecular weight excluding hydrogens is 256 g/mol. The van der Waals surface area contributed by atoms with E-state index >= 15 is 0 Å². The summed E-state index contributed by atoms with van der Waals surface area (Å²) in [5, 5.41) is 3.05. The van der Waals surface area contributed by atoms with E-state index in [0.717, 1.165) is 5.02 Å². The summed E-state index contributed by atoms with van der Waals surface area (Å²) in [6, 6.07) is 2.00. The summed E-state index contributed by atoms with van der Waals surface area (Å²) in [7, 11) is 0. The summed E-state index contributed by atoms with van der Waals surface area (Å²) in [6.45, 7) is 0. The lowest BCUT2D eigenvalue weighted by atomic mass is 10.1. The third kappa shape index (κ3) is 1.70. The molecule has 1 saturated carbocycles. The van der Waals surface area contributed by atoms with Gasteiger partial charge in [-0.15, -0.1) is 11.3 Å². The predicted octanol–water partition coefficient (Wildman–Crippen LogP) is 4.43. The van der Waals surface area contributed by atoms with Gasteiger partial charge in [0.1, 0.15) is 0 Å². The smallest absolute Gasteiger partial charge is 0.0547 e. The number of halogens is 2. The Hall–Kier alpha value is 0.470. The Balaban J connectivity index is 2.16. The summed E-state index contributed by atoms with van der Waals surface area (Å²) in [5.41, 5.74) is 0.